The monoisotopic (exact) mass is 253 g/mol. The van der Waals surface area contributed by atoms with Gasteiger partial charge in [-0.3, -0.25) is 0 Å². The Morgan fingerprint density at radius 3 is 2.82 bits per heavy atom. The second-order valence-corrected chi connectivity index (χ2v) is 5.41. The van der Waals surface area contributed by atoms with Crippen LogP contribution in [0.15, 0.2) is 24.3 Å². The van der Waals surface area contributed by atoms with Crippen LogP contribution in [0.25, 0.3) is 0 Å². The van der Waals surface area contributed by atoms with Crippen molar-refractivity contribution in [1.29, 1.82) is 0 Å². The first-order valence-corrected chi connectivity index (χ1v) is 6.89. The number of hydrogen-bond acceptors (Lipinski definition) is 4. The van der Waals surface area contributed by atoms with Crippen molar-refractivity contribution in [3.05, 3.63) is 29.8 Å². The fourth-order valence-electron chi connectivity index (χ4n) is 1.83. The van der Waals surface area contributed by atoms with Crippen molar-refractivity contribution in [3.8, 4) is 5.75 Å². The van der Waals surface area contributed by atoms with E-state index in [1.54, 1.807) is 7.11 Å². The van der Waals surface area contributed by atoms with Crippen LogP contribution in [-0.4, -0.2) is 38.4 Å². The van der Waals surface area contributed by atoms with E-state index in [-0.39, 0.29) is 0 Å². The number of benzene rings is 1. The molecule has 1 atom stereocenters. The summed E-state index contributed by atoms with van der Waals surface area (Å²) in [5, 5.41) is 4.02. The Morgan fingerprint density at radius 2 is 2.24 bits per heavy atom. The van der Waals surface area contributed by atoms with E-state index < -0.39 is 0 Å². The molecule has 0 aliphatic carbocycles. The van der Waals surface area contributed by atoms with Crippen molar-refractivity contribution >= 4 is 11.8 Å². The summed E-state index contributed by atoms with van der Waals surface area (Å²) < 4.78 is 10.6. The van der Waals surface area contributed by atoms with Crippen LogP contribution in [0.5, 0.6) is 5.75 Å². The third-order valence-electron chi connectivity index (χ3n) is 2.97. The Bertz CT molecular complexity index is 355. The molecule has 1 aromatic carbocycles. The largest absolute Gasteiger partial charge is 0.496 e. The third-order valence-corrected chi connectivity index (χ3v) is 4.24. The average Bonchev–Trinajstić information content (AvgIpc) is 2.32. The SMILES string of the molecule is CNC(CSC1COC1)c1ccccc1OC. The summed E-state index contributed by atoms with van der Waals surface area (Å²) in [5.41, 5.74) is 1.23. The zero-order valence-corrected chi connectivity index (χ0v) is 11.1. The maximum Gasteiger partial charge on any atom is 0.123 e. The zero-order valence-electron chi connectivity index (χ0n) is 10.3. The molecule has 1 N–H and O–H groups in total. The molecule has 1 saturated heterocycles. The fourth-order valence-corrected chi connectivity index (χ4v) is 3.02. The van der Waals surface area contributed by atoms with Gasteiger partial charge >= 0.3 is 0 Å². The first-order valence-electron chi connectivity index (χ1n) is 5.84. The average molecular weight is 253 g/mol. The minimum absolute atomic E-state index is 0.330. The van der Waals surface area contributed by atoms with Crippen molar-refractivity contribution in [2.45, 2.75) is 11.3 Å². The molecule has 0 aromatic heterocycles. The van der Waals surface area contributed by atoms with Crippen LogP contribution < -0.4 is 10.1 Å². The second-order valence-electron chi connectivity index (χ2n) is 4.08. The maximum atomic E-state index is 5.40. The minimum atomic E-state index is 0.330. The van der Waals surface area contributed by atoms with E-state index in [1.165, 1.54) is 5.56 Å². The molecular formula is C13H19NO2S. The summed E-state index contributed by atoms with van der Waals surface area (Å²) >= 11 is 1.97. The predicted molar refractivity (Wildman–Crippen MR) is 71.9 cm³/mol. The standard InChI is InChI=1S/C13H19NO2S/c1-14-12(9-17-10-7-16-8-10)11-5-3-4-6-13(11)15-2/h3-6,10,12,14H,7-9H2,1-2H3. The van der Waals surface area contributed by atoms with Gasteiger partial charge in [-0.1, -0.05) is 18.2 Å². The van der Waals surface area contributed by atoms with Gasteiger partial charge in [0.15, 0.2) is 0 Å². The van der Waals surface area contributed by atoms with Crippen molar-refractivity contribution in [3.63, 3.8) is 0 Å². The highest BCUT2D eigenvalue weighted by atomic mass is 32.2. The highest BCUT2D eigenvalue weighted by molar-refractivity contribution is 8.00. The highest BCUT2D eigenvalue weighted by Gasteiger charge is 2.21. The molecule has 3 nitrogen and oxygen atoms in total. The Morgan fingerprint density at radius 1 is 1.47 bits per heavy atom. The third kappa shape index (κ3) is 3.15. The van der Waals surface area contributed by atoms with Gasteiger partial charge in [0.2, 0.25) is 0 Å². The molecule has 2 rings (SSSR count). The summed E-state index contributed by atoms with van der Waals surface area (Å²) in [4.78, 5) is 0. The van der Waals surface area contributed by atoms with Crippen LogP contribution in [0.1, 0.15) is 11.6 Å². The summed E-state index contributed by atoms with van der Waals surface area (Å²) in [6.45, 7) is 1.79. The minimum Gasteiger partial charge on any atom is -0.496 e. The normalized spacial score (nSPS) is 17.5. The van der Waals surface area contributed by atoms with Gasteiger partial charge in [-0.05, 0) is 13.1 Å². The quantitative estimate of drug-likeness (QED) is 0.841. The van der Waals surface area contributed by atoms with Gasteiger partial charge in [-0.25, -0.2) is 0 Å². The summed E-state index contributed by atoms with van der Waals surface area (Å²) in [5.74, 6) is 2.00. The van der Waals surface area contributed by atoms with Gasteiger partial charge in [0.1, 0.15) is 5.75 Å². The lowest BCUT2D eigenvalue weighted by molar-refractivity contribution is 0.0455. The van der Waals surface area contributed by atoms with Gasteiger partial charge in [-0.15, -0.1) is 0 Å². The molecule has 4 heteroatoms. The fraction of sp³-hybridized carbons (Fsp3) is 0.538. The molecule has 1 heterocycles. The molecular weight excluding hydrogens is 234 g/mol. The molecule has 1 aromatic rings. The van der Waals surface area contributed by atoms with Crippen LogP contribution in [0, 0.1) is 0 Å². The van der Waals surface area contributed by atoms with Crippen molar-refractivity contribution < 1.29 is 9.47 Å². The molecule has 0 radical (unpaired) electrons. The first-order chi connectivity index (χ1) is 8.35. The Kier molecular flexibility index (Phi) is 4.71. The molecule has 1 aliphatic rings. The van der Waals surface area contributed by atoms with Crippen molar-refractivity contribution in [2.24, 2.45) is 0 Å². The Balaban J connectivity index is 1.99. The lowest BCUT2D eigenvalue weighted by Crippen LogP contribution is -2.32. The second kappa shape index (κ2) is 6.28. The number of ether oxygens (including phenoxy) is 2. The van der Waals surface area contributed by atoms with Gasteiger partial charge in [0.25, 0.3) is 0 Å². The molecule has 1 unspecified atom stereocenters. The van der Waals surface area contributed by atoms with E-state index >= 15 is 0 Å². The molecule has 17 heavy (non-hydrogen) atoms. The molecule has 0 amide bonds. The maximum absolute atomic E-state index is 5.40. The molecule has 0 saturated carbocycles. The van der Waals surface area contributed by atoms with E-state index in [9.17, 15) is 0 Å². The van der Waals surface area contributed by atoms with Crippen LogP contribution in [0.3, 0.4) is 0 Å². The molecule has 0 spiro atoms. The van der Waals surface area contributed by atoms with Crippen LogP contribution in [0.2, 0.25) is 0 Å². The van der Waals surface area contributed by atoms with Crippen LogP contribution in [0.4, 0.5) is 0 Å². The summed E-state index contributed by atoms with van der Waals surface area (Å²) in [6, 6.07) is 8.52. The zero-order chi connectivity index (χ0) is 12.1. The molecule has 1 aliphatic heterocycles. The van der Waals surface area contributed by atoms with Crippen molar-refractivity contribution in [1.82, 2.24) is 5.32 Å². The number of thioether (sulfide) groups is 1. The number of nitrogens with one attached hydrogen (secondary N) is 1. The van der Waals surface area contributed by atoms with Crippen LogP contribution >= 0.6 is 11.8 Å². The smallest absolute Gasteiger partial charge is 0.123 e. The van der Waals surface area contributed by atoms with E-state index in [0.717, 1.165) is 24.7 Å². The van der Waals surface area contributed by atoms with E-state index in [1.807, 2.05) is 30.9 Å². The summed E-state index contributed by atoms with van der Waals surface area (Å²) in [6.07, 6.45) is 0. The highest BCUT2D eigenvalue weighted by Crippen LogP contribution is 2.29. The van der Waals surface area contributed by atoms with E-state index in [4.69, 9.17) is 9.47 Å². The first kappa shape index (κ1) is 12.7. The topological polar surface area (TPSA) is 30.5 Å². The number of rotatable bonds is 6. The van der Waals surface area contributed by atoms with E-state index in [2.05, 4.69) is 17.4 Å². The molecule has 0 bridgehead atoms. The number of methoxy groups -OCH3 is 1. The number of para-hydroxylation sites is 1. The Hall–Kier alpha value is -0.710. The summed E-state index contributed by atoms with van der Waals surface area (Å²) in [7, 11) is 3.72. The lowest BCUT2D eigenvalue weighted by Gasteiger charge is -2.27. The lowest BCUT2D eigenvalue weighted by atomic mass is 10.1. The van der Waals surface area contributed by atoms with Gasteiger partial charge in [0.05, 0.1) is 25.6 Å². The van der Waals surface area contributed by atoms with Gasteiger partial charge in [-0.2, -0.15) is 11.8 Å². The van der Waals surface area contributed by atoms with E-state index in [0.29, 0.717) is 11.3 Å². The van der Waals surface area contributed by atoms with Crippen molar-refractivity contribution in [2.75, 3.05) is 33.1 Å². The van der Waals surface area contributed by atoms with Gasteiger partial charge in [0, 0.05) is 17.4 Å². The predicted octanol–water partition coefficient (Wildman–Crippen LogP) is 2.09. The van der Waals surface area contributed by atoms with Crippen LogP contribution in [-0.2, 0) is 4.74 Å². The van der Waals surface area contributed by atoms with Gasteiger partial charge < -0.3 is 14.8 Å². The molecule has 94 valence electrons. The molecule has 1 fully saturated rings. The Labute approximate surface area is 107 Å². The number of hydrogen-bond donors (Lipinski definition) is 1.